The Hall–Kier alpha value is -0.210. The van der Waals surface area contributed by atoms with Gasteiger partial charge in [-0.1, -0.05) is 27.5 Å². The van der Waals surface area contributed by atoms with Crippen LogP contribution in [0.5, 0.6) is 0 Å². The quantitative estimate of drug-likeness (QED) is 0.795. The highest BCUT2D eigenvalue weighted by molar-refractivity contribution is 9.10. The van der Waals surface area contributed by atoms with Crippen molar-refractivity contribution < 1.29 is 0 Å². The Kier molecular flexibility index (Phi) is 3.25. The molecule has 0 amide bonds. The van der Waals surface area contributed by atoms with Crippen LogP contribution in [-0.2, 0) is 0 Å². The summed E-state index contributed by atoms with van der Waals surface area (Å²) in [6, 6.07) is 5.83. The van der Waals surface area contributed by atoms with Crippen molar-refractivity contribution in [1.82, 2.24) is 0 Å². The highest BCUT2D eigenvalue weighted by Gasteiger charge is 2.11. The SMILES string of the molecule is CC(C)(C)Nc1ccc(Br)cc1Cl. The first-order valence-electron chi connectivity index (χ1n) is 4.12. The first kappa shape index (κ1) is 10.9. The minimum absolute atomic E-state index is 0.0392. The monoisotopic (exact) mass is 261 g/mol. The van der Waals surface area contributed by atoms with E-state index in [2.05, 4.69) is 42.0 Å². The van der Waals surface area contributed by atoms with E-state index in [9.17, 15) is 0 Å². The second-order valence-corrected chi connectivity index (χ2v) is 5.32. The molecule has 0 aliphatic rings. The van der Waals surface area contributed by atoms with E-state index in [1.807, 2.05) is 18.2 Å². The van der Waals surface area contributed by atoms with Crippen molar-refractivity contribution in [2.24, 2.45) is 0 Å². The highest BCUT2D eigenvalue weighted by atomic mass is 79.9. The third-order valence-electron chi connectivity index (χ3n) is 1.44. The van der Waals surface area contributed by atoms with Gasteiger partial charge in [-0.2, -0.15) is 0 Å². The van der Waals surface area contributed by atoms with E-state index in [4.69, 9.17) is 11.6 Å². The van der Waals surface area contributed by atoms with Crippen LogP contribution in [0.15, 0.2) is 22.7 Å². The van der Waals surface area contributed by atoms with Gasteiger partial charge in [0, 0.05) is 10.0 Å². The third-order valence-corrected chi connectivity index (χ3v) is 2.25. The number of benzene rings is 1. The lowest BCUT2D eigenvalue weighted by atomic mass is 10.1. The van der Waals surface area contributed by atoms with Crippen LogP contribution in [0.2, 0.25) is 5.02 Å². The van der Waals surface area contributed by atoms with Crippen molar-refractivity contribution >= 4 is 33.2 Å². The van der Waals surface area contributed by atoms with Crippen LogP contribution < -0.4 is 5.32 Å². The van der Waals surface area contributed by atoms with Gasteiger partial charge in [-0.05, 0) is 39.0 Å². The summed E-state index contributed by atoms with van der Waals surface area (Å²) in [5.74, 6) is 0. The third kappa shape index (κ3) is 3.57. The molecular formula is C10H13BrClN. The lowest BCUT2D eigenvalue weighted by molar-refractivity contribution is 0.634. The van der Waals surface area contributed by atoms with Gasteiger partial charge in [-0.3, -0.25) is 0 Å². The minimum Gasteiger partial charge on any atom is -0.379 e. The molecule has 1 aromatic carbocycles. The van der Waals surface area contributed by atoms with E-state index in [-0.39, 0.29) is 5.54 Å². The fraction of sp³-hybridized carbons (Fsp3) is 0.400. The van der Waals surface area contributed by atoms with E-state index in [0.29, 0.717) is 0 Å². The zero-order chi connectivity index (χ0) is 10.1. The van der Waals surface area contributed by atoms with Gasteiger partial charge in [0.2, 0.25) is 0 Å². The second-order valence-electron chi connectivity index (χ2n) is 4.00. The van der Waals surface area contributed by atoms with Gasteiger partial charge in [0.15, 0.2) is 0 Å². The molecule has 1 nitrogen and oxygen atoms in total. The average Bonchev–Trinajstić information content (AvgIpc) is 1.93. The molecule has 0 saturated heterocycles. The van der Waals surface area contributed by atoms with Crippen LogP contribution >= 0.6 is 27.5 Å². The van der Waals surface area contributed by atoms with Crippen molar-refractivity contribution in [2.45, 2.75) is 26.3 Å². The zero-order valence-corrected chi connectivity index (χ0v) is 10.3. The number of anilines is 1. The van der Waals surface area contributed by atoms with Crippen LogP contribution in [0.25, 0.3) is 0 Å². The van der Waals surface area contributed by atoms with E-state index in [1.165, 1.54) is 0 Å². The summed E-state index contributed by atoms with van der Waals surface area (Å²) in [7, 11) is 0. The Morgan fingerprint density at radius 1 is 1.31 bits per heavy atom. The minimum atomic E-state index is 0.0392. The second kappa shape index (κ2) is 3.89. The van der Waals surface area contributed by atoms with Crippen LogP contribution in [-0.4, -0.2) is 5.54 Å². The van der Waals surface area contributed by atoms with Crippen LogP contribution in [0.1, 0.15) is 20.8 Å². The topological polar surface area (TPSA) is 12.0 Å². The van der Waals surface area contributed by atoms with Gasteiger partial charge in [0.05, 0.1) is 10.7 Å². The summed E-state index contributed by atoms with van der Waals surface area (Å²) in [5, 5.41) is 4.06. The molecule has 13 heavy (non-hydrogen) atoms. The van der Waals surface area contributed by atoms with Crippen LogP contribution in [0.3, 0.4) is 0 Å². The molecule has 0 saturated carbocycles. The van der Waals surface area contributed by atoms with Gasteiger partial charge < -0.3 is 5.32 Å². The lowest BCUT2D eigenvalue weighted by Crippen LogP contribution is -2.26. The summed E-state index contributed by atoms with van der Waals surface area (Å²) >= 11 is 9.41. The molecule has 0 bridgehead atoms. The van der Waals surface area contributed by atoms with Crippen molar-refractivity contribution in [3.05, 3.63) is 27.7 Å². The molecule has 0 heterocycles. The van der Waals surface area contributed by atoms with E-state index < -0.39 is 0 Å². The van der Waals surface area contributed by atoms with Crippen molar-refractivity contribution in [3.8, 4) is 0 Å². The van der Waals surface area contributed by atoms with Crippen LogP contribution in [0.4, 0.5) is 5.69 Å². The van der Waals surface area contributed by atoms with Crippen molar-refractivity contribution in [1.29, 1.82) is 0 Å². The number of nitrogens with one attached hydrogen (secondary N) is 1. The predicted octanol–water partition coefficient (Wildman–Crippen LogP) is 4.31. The molecule has 0 atom stereocenters. The van der Waals surface area contributed by atoms with E-state index in [1.54, 1.807) is 0 Å². The first-order valence-corrected chi connectivity index (χ1v) is 5.29. The number of hydrogen-bond donors (Lipinski definition) is 1. The van der Waals surface area contributed by atoms with Gasteiger partial charge in [-0.15, -0.1) is 0 Å². The van der Waals surface area contributed by atoms with Gasteiger partial charge >= 0.3 is 0 Å². The van der Waals surface area contributed by atoms with Crippen molar-refractivity contribution in [2.75, 3.05) is 5.32 Å². The standard InChI is InChI=1S/C10H13BrClN/c1-10(2,3)13-9-5-4-7(11)6-8(9)12/h4-6,13H,1-3H3. The average molecular weight is 263 g/mol. The molecule has 1 aromatic rings. The maximum Gasteiger partial charge on any atom is 0.0648 e. The fourth-order valence-electron chi connectivity index (χ4n) is 0.995. The molecular weight excluding hydrogens is 249 g/mol. The smallest absolute Gasteiger partial charge is 0.0648 e. The van der Waals surface area contributed by atoms with Gasteiger partial charge in [0.1, 0.15) is 0 Å². The predicted molar refractivity (Wildman–Crippen MR) is 62.5 cm³/mol. The number of rotatable bonds is 1. The summed E-state index contributed by atoms with van der Waals surface area (Å²) in [6.07, 6.45) is 0. The molecule has 0 radical (unpaired) electrons. The molecule has 0 fully saturated rings. The molecule has 1 N–H and O–H groups in total. The summed E-state index contributed by atoms with van der Waals surface area (Å²) in [4.78, 5) is 0. The molecule has 1 rings (SSSR count). The summed E-state index contributed by atoms with van der Waals surface area (Å²) in [6.45, 7) is 6.31. The summed E-state index contributed by atoms with van der Waals surface area (Å²) in [5.41, 5.74) is 1.01. The largest absolute Gasteiger partial charge is 0.379 e. The Morgan fingerprint density at radius 3 is 2.38 bits per heavy atom. The lowest BCUT2D eigenvalue weighted by Gasteiger charge is -2.22. The van der Waals surface area contributed by atoms with E-state index in [0.717, 1.165) is 15.2 Å². The first-order chi connectivity index (χ1) is 5.88. The Balaban J connectivity index is 2.90. The van der Waals surface area contributed by atoms with Gasteiger partial charge in [0.25, 0.3) is 0 Å². The van der Waals surface area contributed by atoms with Gasteiger partial charge in [-0.25, -0.2) is 0 Å². The maximum absolute atomic E-state index is 6.04. The van der Waals surface area contributed by atoms with Crippen molar-refractivity contribution in [3.63, 3.8) is 0 Å². The zero-order valence-electron chi connectivity index (χ0n) is 7.99. The Bertz CT molecular complexity index is 304. The molecule has 72 valence electrons. The Morgan fingerprint density at radius 2 is 1.92 bits per heavy atom. The highest BCUT2D eigenvalue weighted by Crippen LogP contribution is 2.27. The molecule has 0 aliphatic heterocycles. The molecule has 3 heteroatoms. The normalized spacial score (nSPS) is 11.5. The Labute approximate surface area is 92.6 Å². The molecule has 0 aromatic heterocycles. The number of hydrogen-bond acceptors (Lipinski definition) is 1. The maximum atomic E-state index is 6.04. The molecule has 0 unspecified atom stereocenters. The van der Waals surface area contributed by atoms with E-state index >= 15 is 0 Å². The molecule has 0 spiro atoms. The summed E-state index contributed by atoms with van der Waals surface area (Å²) < 4.78 is 0.997. The molecule has 0 aliphatic carbocycles. The number of halogens is 2. The van der Waals surface area contributed by atoms with Crippen LogP contribution in [0, 0.1) is 0 Å². The fourth-order valence-corrected chi connectivity index (χ4v) is 1.72.